The highest BCUT2D eigenvalue weighted by Crippen LogP contribution is 2.22. The maximum Gasteiger partial charge on any atom is 0.261 e. The summed E-state index contributed by atoms with van der Waals surface area (Å²) < 4.78 is 0. The van der Waals surface area contributed by atoms with Crippen LogP contribution in [0.3, 0.4) is 0 Å². The molecule has 3 amide bonds. The van der Waals surface area contributed by atoms with E-state index in [-0.39, 0.29) is 41.7 Å². The fourth-order valence-corrected chi connectivity index (χ4v) is 3.60. The molecule has 0 fully saturated rings. The van der Waals surface area contributed by atoms with E-state index >= 15 is 0 Å². The Labute approximate surface area is 211 Å². The Hall–Kier alpha value is -2.95. The molecule has 0 saturated heterocycles. The zero-order valence-corrected chi connectivity index (χ0v) is 21.2. The van der Waals surface area contributed by atoms with Gasteiger partial charge in [-0.2, -0.15) is 0 Å². The van der Waals surface area contributed by atoms with E-state index in [4.69, 9.17) is 0 Å². The van der Waals surface area contributed by atoms with Crippen LogP contribution in [-0.2, 0) is 6.42 Å². The Morgan fingerprint density at radius 1 is 0.939 bits per heavy atom. The molecular formula is C24H30IN5O3. The molecule has 1 aliphatic rings. The van der Waals surface area contributed by atoms with Gasteiger partial charge < -0.3 is 16.0 Å². The van der Waals surface area contributed by atoms with Crippen molar-refractivity contribution in [1.82, 2.24) is 20.9 Å². The lowest BCUT2D eigenvalue weighted by molar-refractivity contribution is 0.0651. The van der Waals surface area contributed by atoms with Crippen LogP contribution in [0.2, 0.25) is 0 Å². The number of guanidine groups is 1. The van der Waals surface area contributed by atoms with Crippen LogP contribution in [0.25, 0.3) is 0 Å². The molecule has 0 unspecified atom stereocenters. The number of carbonyl (C=O) groups excluding carboxylic acids is 3. The molecule has 0 atom stereocenters. The minimum absolute atomic E-state index is 0. The number of imide groups is 1. The summed E-state index contributed by atoms with van der Waals surface area (Å²) in [6, 6.07) is 14.5. The molecule has 2 aromatic carbocycles. The van der Waals surface area contributed by atoms with E-state index in [1.54, 1.807) is 44.4 Å². The van der Waals surface area contributed by atoms with Gasteiger partial charge in [-0.15, -0.1) is 24.0 Å². The van der Waals surface area contributed by atoms with Crippen molar-refractivity contribution in [1.29, 1.82) is 0 Å². The van der Waals surface area contributed by atoms with Crippen molar-refractivity contribution < 1.29 is 14.4 Å². The lowest BCUT2D eigenvalue weighted by Gasteiger charge is -2.15. The second kappa shape index (κ2) is 12.9. The largest absolute Gasteiger partial charge is 0.356 e. The summed E-state index contributed by atoms with van der Waals surface area (Å²) in [6.45, 7) is 1.75. The quantitative estimate of drug-likeness (QED) is 0.143. The van der Waals surface area contributed by atoms with Crippen LogP contribution < -0.4 is 16.0 Å². The van der Waals surface area contributed by atoms with Gasteiger partial charge in [0.05, 0.1) is 11.1 Å². The van der Waals surface area contributed by atoms with Gasteiger partial charge in [-0.25, -0.2) is 0 Å². The predicted octanol–water partition coefficient (Wildman–Crippen LogP) is 2.45. The number of fused-ring (bicyclic) bond motifs is 1. The predicted molar refractivity (Wildman–Crippen MR) is 139 cm³/mol. The highest BCUT2D eigenvalue weighted by atomic mass is 127. The topological polar surface area (TPSA) is 103 Å². The molecule has 3 rings (SSSR count). The first-order chi connectivity index (χ1) is 15.5. The summed E-state index contributed by atoms with van der Waals surface area (Å²) in [4.78, 5) is 42.0. The Balaban J connectivity index is 0.00000385. The average molecular weight is 563 g/mol. The molecule has 0 spiro atoms. The normalized spacial score (nSPS) is 12.8. The highest BCUT2D eigenvalue weighted by molar-refractivity contribution is 14.0. The second-order valence-corrected chi connectivity index (χ2v) is 7.47. The van der Waals surface area contributed by atoms with Crippen molar-refractivity contribution in [2.75, 3.05) is 33.7 Å². The van der Waals surface area contributed by atoms with Gasteiger partial charge in [0.25, 0.3) is 17.7 Å². The molecule has 33 heavy (non-hydrogen) atoms. The van der Waals surface area contributed by atoms with Crippen molar-refractivity contribution in [2.24, 2.45) is 4.99 Å². The number of nitrogens with one attached hydrogen (secondary N) is 3. The van der Waals surface area contributed by atoms with E-state index in [9.17, 15) is 14.4 Å². The van der Waals surface area contributed by atoms with Crippen molar-refractivity contribution in [3.8, 4) is 0 Å². The van der Waals surface area contributed by atoms with Crippen LogP contribution in [0, 0.1) is 0 Å². The molecule has 1 heterocycles. The summed E-state index contributed by atoms with van der Waals surface area (Å²) >= 11 is 0. The summed E-state index contributed by atoms with van der Waals surface area (Å²) in [6.07, 6.45) is 2.26. The molecule has 9 heteroatoms. The second-order valence-electron chi connectivity index (χ2n) is 7.47. The van der Waals surface area contributed by atoms with Gasteiger partial charge in [0.15, 0.2) is 5.96 Å². The third-order valence-electron chi connectivity index (χ3n) is 5.33. The minimum Gasteiger partial charge on any atom is -0.356 e. The van der Waals surface area contributed by atoms with E-state index < -0.39 is 0 Å². The average Bonchev–Trinajstić information content (AvgIpc) is 3.07. The number of rotatable bonds is 9. The third-order valence-corrected chi connectivity index (χ3v) is 5.33. The van der Waals surface area contributed by atoms with Crippen LogP contribution >= 0.6 is 24.0 Å². The standard InChI is InChI=1S/C24H29N5O3.HI/c1-25-21(30)18-9-7-8-17(16-18)12-14-28-24(26-2)27-13-5-6-15-29-22(31)19-10-3-4-11-20(19)23(29)32;/h3-4,7-11,16H,5-6,12-15H2,1-2H3,(H,25,30)(H2,26,27,28);1H. The van der Waals surface area contributed by atoms with E-state index in [1.807, 2.05) is 18.2 Å². The Bertz CT molecular complexity index is 990. The van der Waals surface area contributed by atoms with E-state index in [1.165, 1.54) is 4.90 Å². The first-order valence-electron chi connectivity index (χ1n) is 10.8. The van der Waals surface area contributed by atoms with Gasteiger partial charge in [0.1, 0.15) is 0 Å². The number of hydrogen-bond acceptors (Lipinski definition) is 4. The van der Waals surface area contributed by atoms with Crippen molar-refractivity contribution in [3.63, 3.8) is 0 Å². The summed E-state index contributed by atoms with van der Waals surface area (Å²) in [7, 11) is 3.33. The number of halogens is 1. The van der Waals surface area contributed by atoms with Gasteiger partial charge in [-0.1, -0.05) is 24.3 Å². The number of amides is 3. The molecule has 8 nitrogen and oxygen atoms in total. The number of hydrogen-bond donors (Lipinski definition) is 3. The van der Waals surface area contributed by atoms with Gasteiger partial charge in [-0.3, -0.25) is 24.3 Å². The lowest BCUT2D eigenvalue weighted by Crippen LogP contribution is -2.39. The molecule has 0 aromatic heterocycles. The lowest BCUT2D eigenvalue weighted by atomic mass is 10.1. The number of aliphatic imine (C=N–C) groups is 1. The molecule has 1 aliphatic heterocycles. The van der Waals surface area contributed by atoms with Crippen LogP contribution in [-0.4, -0.2) is 62.3 Å². The zero-order chi connectivity index (χ0) is 22.9. The summed E-state index contributed by atoms with van der Waals surface area (Å²) in [5.74, 6) is 0.166. The number of carbonyl (C=O) groups is 3. The molecule has 0 aliphatic carbocycles. The maximum atomic E-state index is 12.4. The Kier molecular flexibility index (Phi) is 10.3. The van der Waals surface area contributed by atoms with Crippen LogP contribution in [0.1, 0.15) is 49.5 Å². The Morgan fingerprint density at radius 2 is 1.61 bits per heavy atom. The summed E-state index contributed by atoms with van der Waals surface area (Å²) in [5.41, 5.74) is 2.68. The first-order valence-corrected chi connectivity index (χ1v) is 10.8. The molecule has 0 bridgehead atoms. The molecule has 3 N–H and O–H groups in total. The fourth-order valence-electron chi connectivity index (χ4n) is 3.60. The Morgan fingerprint density at radius 3 is 2.24 bits per heavy atom. The number of nitrogens with zero attached hydrogens (tertiary/aromatic N) is 2. The van der Waals surface area contributed by atoms with Gasteiger partial charge >= 0.3 is 0 Å². The van der Waals surface area contributed by atoms with Gasteiger partial charge in [-0.05, 0) is 49.1 Å². The molecule has 0 radical (unpaired) electrons. The van der Waals surface area contributed by atoms with Crippen LogP contribution in [0.4, 0.5) is 0 Å². The van der Waals surface area contributed by atoms with E-state index in [0.717, 1.165) is 18.4 Å². The zero-order valence-electron chi connectivity index (χ0n) is 18.9. The van der Waals surface area contributed by atoms with E-state index in [0.29, 0.717) is 48.7 Å². The molecule has 0 saturated carbocycles. The smallest absolute Gasteiger partial charge is 0.261 e. The molecule has 2 aromatic rings. The van der Waals surface area contributed by atoms with Crippen molar-refractivity contribution in [2.45, 2.75) is 19.3 Å². The molecular weight excluding hydrogens is 533 g/mol. The SMILES string of the molecule is CN=C(NCCCCN1C(=O)c2ccccc2C1=O)NCCc1cccc(C(=O)NC)c1.I. The maximum absolute atomic E-state index is 12.4. The van der Waals surface area contributed by atoms with Crippen molar-refractivity contribution >= 4 is 47.7 Å². The van der Waals surface area contributed by atoms with Crippen LogP contribution in [0.5, 0.6) is 0 Å². The van der Waals surface area contributed by atoms with Gasteiger partial charge in [0, 0.05) is 39.3 Å². The first kappa shape index (κ1) is 26.3. The fraction of sp³-hybridized carbons (Fsp3) is 0.333. The summed E-state index contributed by atoms with van der Waals surface area (Å²) in [5, 5.41) is 9.13. The monoisotopic (exact) mass is 563 g/mol. The number of benzene rings is 2. The van der Waals surface area contributed by atoms with Gasteiger partial charge in [0.2, 0.25) is 0 Å². The highest BCUT2D eigenvalue weighted by Gasteiger charge is 2.34. The molecule has 176 valence electrons. The number of unbranched alkanes of at least 4 members (excludes halogenated alkanes) is 1. The van der Waals surface area contributed by atoms with Crippen LogP contribution in [0.15, 0.2) is 53.5 Å². The van der Waals surface area contributed by atoms with Crippen molar-refractivity contribution in [3.05, 3.63) is 70.8 Å². The van der Waals surface area contributed by atoms with E-state index in [2.05, 4.69) is 20.9 Å². The third kappa shape index (κ3) is 6.77. The minimum atomic E-state index is -0.212.